The molecule has 0 bridgehead atoms. The Labute approximate surface area is 120 Å². The molecule has 1 atom stereocenters. The van der Waals surface area contributed by atoms with E-state index in [4.69, 9.17) is 0 Å². The van der Waals surface area contributed by atoms with Crippen molar-refractivity contribution >= 4 is 28.3 Å². The molecule has 2 heterocycles. The van der Waals surface area contributed by atoms with Crippen molar-refractivity contribution in [1.82, 2.24) is 15.3 Å². The van der Waals surface area contributed by atoms with E-state index >= 15 is 0 Å². The van der Waals surface area contributed by atoms with Crippen LogP contribution in [0.1, 0.15) is 22.2 Å². The van der Waals surface area contributed by atoms with Gasteiger partial charge in [-0.3, -0.25) is 4.79 Å². The maximum absolute atomic E-state index is 12.3. The minimum absolute atomic E-state index is 0.0771. The number of hydrogen-bond donors (Lipinski definition) is 2. The number of fused-ring (bicyclic) bond motifs is 1. The number of carbonyl (C=O) groups excluding carboxylic acids is 1. The third kappa shape index (κ3) is 2.58. The van der Waals surface area contributed by atoms with Crippen molar-refractivity contribution in [3.8, 4) is 0 Å². The van der Waals surface area contributed by atoms with E-state index in [9.17, 15) is 4.79 Å². The molecule has 0 aliphatic heterocycles. The molecule has 3 rings (SSSR count). The summed E-state index contributed by atoms with van der Waals surface area (Å²) < 4.78 is 0. The second-order valence-electron chi connectivity index (χ2n) is 4.76. The first-order chi connectivity index (χ1) is 9.74. The Hall–Kier alpha value is -2.14. The lowest BCUT2D eigenvalue weighted by Gasteiger charge is -2.13. The molecular formula is C15H15N3OS. The number of hydrogen-bond acceptors (Lipinski definition) is 3. The summed E-state index contributed by atoms with van der Waals surface area (Å²) in [6, 6.07) is 9.78. The van der Waals surface area contributed by atoms with Crippen LogP contribution in [0.2, 0.25) is 0 Å². The lowest BCUT2D eigenvalue weighted by atomic mass is 10.1. The fourth-order valence-electron chi connectivity index (χ4n) is 2.23. The van der Waals surface area contributed by atoms with Crippen LogP contribution in [0, 0.1) is 0 Å². The second kappa shape index (κ2) is 5.46. The van der Waals surface area contributed by atoms with E-state index in [-0.39, 0.29) is 11.9 Å². The van der Waals surface area contributed by atoms with Crippen LogP contribution < -0.4 is 5.32 Å². The normalized spacial score (nSPS) is 12.4. The molecular weight excluding hydrogens is 270 g/mol. The van der Waals surface area contributed by atoms with Gasteiger partial charge in [0.15, 0.2) is 0 Å². The molecule has 20 heavy (non-hydrogen) atoms. The number of carbonyl (C=O) groups is 1. The molecule has 1 unspecified atom stereocenters. The number of aromatic nitrogens is 2. The number of amides is 1. The fraction of sp³-hybridized carbons (Fsp3) is 0.200. The summed E-state index contributed by atoms with van der Waals surface area (Å²) in [5, 5.41) is 5.08. The van der Waals surface area contributed by atoms with Gasteiger partial charge in [-0.2, -0.15) is 0 Å². The van der Waals surface area contributed by atoms with Crippen LogP contribution in [-0.4, -0.2) is 21.9 Å². The predicted octanol–water partition coefficient (Wildman–Crippen LogP) is 2.99. The van der Waals surface area contributed by atoms with E-state index in [0.29, 0.717) is 11.1 Å². The summed E-state index contributed by atoms with van der Waals surface area (Å²) in [4.78, 5) is 20.8. The number of H-pyrrole nitrogens is 1. The molecule has 0 spiro atoms. The smallest absolute Gasteiger partial charge is 0.253 e. The lowest BCUT2D eigenvalue weighted by molar-refractivity contribution is 0.0941. The molecule has 0 aliphatic rings. The van der Waals surface area contributed by atoms with Gasteiger partial charge < -0.3 is 10.3 Å². The van der Waals surface area contributed by atoms with Crippen molar-refractivity contribution in [2.24, 2.45) is 0 Å². The highest BCUT2D eigenvalue weighted by molar-refractivity contribution is 7.09. The Morgan fingerprint density at radius 2 is 2.30 bits per heavy atom. The van der Waals surface area contributed by atoms with Gasteiger partial charge >= 0.3 is 0 Å². The molecule has 2 N–H and O–H groups in total. The fourth-order valence-corrected chi connectivity index (χ4v) is 3.07. The Kier molecular flexibility index (Phi) is 3.52. The standard InChI is InChI=1S/C15H15N3OS/c1-10(8-11-4-3-7-20-11)18-15(19)12-5-2-6-13-14(12)17-9-16-13/h2-7,9-10H,8H2,1H3,(H,16,17)(H,18,19). The van der Waals surface area contributed by atoms with E-state index in [2.05, 4.69) is 21.4 Å². The number of para-hydroxylation sites is 1. The molecule has 0 fully saturated rings. The predicted molar refractivity (Wildman–Crippen MR) is 81.0 cm³/mol. The van der Waals surface area contributed by atoms with Crippen LogP contribution in [0.3, 0.4) is 0 Å². The average molecular weight is 285 g/mol. The Bertz CT molecular complexity index is 718. The Morgan fingerprint density at radius 3 is 3.10 bits per heavy atom. The highest BCUT2D eigenvalue weighted by Crippen LogP contribution is 2.15. The zero-order valence-corrected chi connectivity index (χ0v) is 11.9. The third-order valence-corrected chi connectivity index (χ3v) is 4.06. The number of rotatable bonds is 4. The van der Waals surface area contributed by atoms with E-state index < -0.39 is 0 Å². The number of imidazole rings is 1. The first kappa shape index (κ1) is 12.9. The highest BCUT2D eigenvalue weighted by atomic mass is 32.1. The van der Waals surface area contributed by atoms with Gasteiger partial charge in [0.05, 0.1) is 17.4 Å². The van der Waals surface area contributed by atoms with Gasteiger partial charge in [-0.05, 0) is 30.5 Å². The van der Waals surface area contributed by atoms with Gasteiger partial charge in [0, 0.05) is 17.3 Å². The molecule has 5 heteroatoms. The maximum Gasteiger partial charge on any atom is 0.253 e. The van der Waals surface area contributed by atoms with Crippen LogP contribution in [0.5, 0.6) is 0 Å². The van der Waals surface area contributed by atoms with Crippen LogP contribution in [0.25, 0.3) is 11.0 Å². The number of benzene rings is 1. The minimum Gasteiger partial charge on any atom is -0.349 e. The summed E-state index contributed by atoms with van der Waals surface area (Å²) in [5.41, 5.74) is 2.21. The quantitative estimate of drug-likeness (QED) is 0.774. The van der Waals surface area contributed by atoms with Crippen LogP contribution in [0.4, 0.5) is 0 Å². The number of nitrogens with one attached hydrogen (secondary N) is 2. The Balaban J connectivity index is 1.74. The summed E-state index contributed by atoms with van der Waals surface area (Å²) in [7, 11) is 0. The van der Waals surface area contributed by atoms with Crippen molar-refractivity contribution in [1.29, 1.82) is 0 Å². The van der Waals surface area contributed by atoms with Crippen LogP contribution >= 0.6 is 11.3 Å². The summed E-state index contributed by atoms with van der Waals surface area (Å²) in [6.07, 6.45) is 2.45. The summed E-state index contributed by atoms with van der Waals surface area (Å²) in [6.45, 7) is 2.02. The molecule has 102 valence electrons. The van der Waals surface area contributed by atoms with Crippen molar-refractivity contribution in [2.45, 2.75) is 19.4 Å². The molecule has 0 radical (unpaired) electrons. The molecule has 1 aromatic carbocycles. The third-order valence-electron chi connectivity index (χ3n) is 3.16. The van der Waals surface area contributed by atoms with Crippen LogP contribution in [0.15, 0.2) is 42.0 Å². The molecule has 0 saturated heterocycles. The van der Waals surface area contributed by atoms with Gasteiger partial charge in [0.1, 0.15) is 5.52 Å². The maximum atomic E-state index is 12.3. The number of aromatic amines is 1. The largest absolute Gasteiger partial charge is 0.349 e. The first-order valence-corrected chi connectivity index (χ1v) is 7.37. The average Bonchev–Trinajstić information content (AvgIpc) is 3.08. The zero-order chi connectivity index (χ0) is 13.9. The highest BCUT2D eigenvalue weighted by Gasteiger charge is 2.14. The van der Waals surface area contributed by atoms with Gasteiger partial charge in [0.2, 0.25) is 0 Å². The summed E-state index contributed by atoms with van der Waals surface area (Å²) in [5.74, 6) is -0.0771. The van der Waals surface area contributed by atoms with Crippen LogP contribution in [-0.2, 0) is 6.42 Å². The minimum atomic E-state index is -0.0771. The Morgan fingerprint density at radius 1 is 1.40 bits per heavy atom. The first-order valence-electron chi connectivity index (χ1n) is 6.49. The van der Waals surface area contributed by atoms with E-state index in [1.54, 1.807) is 23.7 Å². The molecule has 1 amide bonds. The second-order valence-corrected chi connectivity index (χ2v) is 5.79. The van der Waals surface area contributed by atoms with Gasteiger partial charge in [-0.25, -0.2) is 4.98 Å². The number of nitrogens with zero attached hydrogens (tertiary/aromatic N) is 1. The van der Waals surface area contributed by atoms with Crippen molar-refractivity contribution in [2.75, 3.05) is 0 Å². The van der Waals surface area contributed by atoms with E-state index in [0.717, 1.165) is 11.9 Å². The van der Waals surface area contributed by atoms with Crippen molar-refractivity contribution in [3.05, 3.63) is 52.5 Å². The molecule has 4 nitrogen and oxygen atoms in total. The van der Waals surface area contributed by atoms with Crippen molar-refractivity contribution in [3.63, 3.8) is 0 Å². The molecule has 0 saturated carbocycles. The van der Waals surface area contributed by atoms with Crippen molar-refractivity contribution < 1.29 is 4.79 Å². The molecule has 2 aromatic heterocycles. The molecule has 0 aliphatic carbocycles. The lowest BCUT2D eigenvalue weighted by Crippen LogP contribution is -2.34. The molecule has 3 aromatic rings. The van der Waals surface area contributed by atoms with E-state index in [1.807, 2.05) is 30.5 Å². The van der Waals surface area contributed by atoms with Gasteiger partial charge in [-0.1, -0.05) is 12.1 Å². The van der Waals surface area contributed by atoms with Gasteiger partial charge in [0.25, 0.3) is 5.91 Å². The monoisotopic (exact) mass is 285 g/mol. The number of thiophene rings is 1. The zero-order valence-electron chi connectivity index (χ0n) is 11.1. The topological polar surface area (TPSA) is 57.8 Å². The SMILES string of the molecule is CC(Cc1cccs1)NC(=O)c1cccc2[nH]cnc12. The van der Waals surface area contributed by atoms with Gasteiger partial charge in [-0.15, -0.1) is 11.3 Å². The summed E-state index contributed by atoms with van der Waals surface area (Å²) >= 11 is 1.71. The van der Waals surface area contributed by atoms with E-state index in [1.165, 1.54) is 4.88 Å².